The number of esters is 1. The third kappa shape index (κ3) is 5.40. The molecule has 186 valence electrons. The SMILES string of the molecule is O=C(OC[C@H]1O[C@H](O[C@]2(C(O)Cl)O[C@H](C(O)Cl)[C@@H](O)[C@@H]2O)[C@H](O)[C@@H](O)[C@H]1Cl)c1ccccc1. The Hall–Kier alpha value is -0.800. The lowest BCUT2D eigenvalue weighted by molar-refractivity contribution is -0.378. The van der Waals surface area contributed by atoms with Crippen molar-refractivity contribution in [3.8, 4) is 0 Å². The number of aliphatic hydroxyl groups is 6. The first-order valence-corrected chi connectivity index (χ1v) is 11.0. The number of rotatable bonds is 7. The van der Waals surface area contributed by atoms with Crippen LogP contribution in [0.25, 0.3) is 0 Å². The Balaban J connectivity index is 1.75. The van der Waals surface area contributed by atoms with Gasteiger partial charge in [0.25, 0.3) is 0 Å². The van der Waals surface area contributed by atoms with Crippen LogP contribution in [0, 0.1) is 0 Å². The van der Waals surface area contributed by atoms with Gasteiger partial charge in [0.05, 0.1) is 10.9 Å². The van der Waals surface area contributed by atoms with E-state index in [1.54, 1.807) is 18.2 Å². The van der Waals surface area contributed by atoms with Crippen LogP contribution in [0.3, 0.4) is 0 Å². The van der Waals surface area contributed by atoms with Crippen LogP contribution in [-0.4, -0.2) is 108 Å². The van der Waals surface area contributed by atoms with Crippen molar-refractivity contribution in [2.45, 2.75) is 65.2 Å². The highest BCUT2D eigenvalue weighted by molar-refractivity contribution is 6.21. The van der Waals surface area contributed by atoms with Crippen LogP contribution >= 0.6 is 34.8 Å². The van der Waals surface area contributed by atoms with Gasteiger partial charge in [-0.15, -0.1) is 11.6 Å². The van der Waals surface area contributed by atoms with Gasteiger partial charge in [-0.3, -0.25) is 0 Å². The van der Waals surface area contributed by atoms with Crippen molar-refractivity contribution in [2.24, 2.45) is 0 Å². The third-order valence-electron chi connectivity index (χ3n) is 5.30. The fourth-order valence-corrected chi connectivity index (χ4v) is 4.18. The Morgan fingerprint density at radius 2 is 1.70 bits per heavy atom. The van der Waals surface area contributed by atoms with Gasteiger partial charge in [0, 0.05) is 0 Å². The van der Waals surface area contributed by atoms with E-state index < -0.39 is 77.8 Å². The summed E-state index contributed by atoms with van der Waals surface area (Å²) in [6.45, 7) is -0.461. The van der Waals surface area contributed by atoms with E-state index in [0.29, 0.717) is 0 Å². The van der Waals surface area contributed by atoms with E-state index in [1.165, 1.54) is 12.1 Å². The summed E-state index contributed by atoms with van der Waals surface area (Å²) in [6.07, 6.45) is -12.1. The molecule has 14 heteroatoms. The summed E-state index contributed by atoms with van der Waals surface area (Å²) in [7, 11) is 0. The van der Waals surface area contributed by atoms with Gasteiger partial charge in [-0.25, -0.2) is 4.79 Å². The number of ether oxygens (including phenoxy) is 4. The molecular weight excluding hydrogens is 511 g/mol. The summed E-state index contributed by atoms with van der Waals surface area (Å²) in [6, 6.07) is 8.01. The van der Waals surface area contributed by atoms with Crippen molar-refractivity contribution in [3.63, 3.8) is 0 Å². The Morgan fingerprint density at radius 3 is 2.24 bits per heavy atom. The minimum atomic E-state index is -2.63. The molecule has 0 radical (unpaired) electrons. The molecular formula is C19H23Cl3O11. The van der Waals surface area contributed by atoms with Crippen LogP contribution in [0.5, 0.6) is 0 Å². The second kappa shape index (κ2) is 10.9. The summed E-state index contributed by atoms with van der Waals surface area (Å²) in [5.74, 6) is -3.33. The zero-order valence-electron chi connectivity index (χ0n) is 16.7. The van der Waals surface area contributed by atoms with E-state index in [9.17, 15) is 35.4 Å². The van der Waals surface area contributed by atoms with E-state index in [1.807, 2.05) is 0 Å². The maximum absolute atomic E-state index is 12.2. The largest absolute Gasteiger partial charge is 0.459 e. The molecule has 1 aromatic carbocycles. The summed E-state index contributed by atoms with van der Waals surface area (Å²) in [5.41, 5.74) is -3.73. The molecule has 2 heterocycles. The second-order valence-electron chi connectivity index (χ2n) is 7.50. The van der Waals surface area contributed by atoms with Crippen molar-refractivity contribution in [1.29, 1.82) is 0 Å². The molecule has 2 unspecified atom stereocenters. The average Bonchev–Trinajstić information content (AvgIpc) is 3.05. The number of hydrogen-bond donors (Lipinski definition) is 6. The fraction of sp³-hybridized carbons (Fsp3) is 0.632. The smallest absolute Gasteiger partial charge is 0.338 e. The highest BCUT2D eigenvalue weighted by Crippen LogP contribution is 2.41. The number of aliphatic hydroxyl groups excluding tert-OH is 6. The monoisotopic (exact) mass is 532 g/mol. The van der Waals surface area contributed by atoms with Crippen LogP contribution in [0.1, 0.15) is 10.4 Å². The number of benzene rings is 1. The van der Waals surface area contributed by atoms with Gasteiger partial charge in [-0.05, 0) is 12.1 Å². The van der Waals surface area contributed by atoms with E-state index >= 15 is 0 Å². The summed E-state index contributed by atoms with van der Waals surface area (Å²) >= 11 is 17.4. The van der Waals surface area contributed by atoms with Crippen molar-refractivity contribution >= 4 is 40.8 Å². The molecule has 2 aliphatic rings. The maximum Gasteiger partial charge on any atom is 0.338 e. The molecule has 0 aromatic heterocycles. The van der Waals surface area contributed by atoms with Crippen LogP contribution < -0.4 is 0 Å². The summed E-state index contributed by atoms with van der Waals surface area (Å²) in [5, 5.41) is 59.5. The van der Waals surface area contributed by atoms with Gasteiger partial charge in [0.15, 0.2) is 17.4 Å². The summed E-state index contributed by atoms with van der Waals surface area (Å²) < 4.78 is 21.3. The first-order valence-electron chi connectivity index (χ1n) is 9.73. The topological polar surface area (TPSA) is 175 Å². The molecule has 2 saturated heterocycles. The van der Waals surface area contributed by atoms with Crippen molar-refractivity contribution in [3.05, 3.63) is 35.9 Å². The van der Waals surface area contributed by atoms with Gasteiger partial charge >= 0.3 is 5.97 Å². The molecule has 0 amide bonds. The molecule has 11 nitrogen and oxygen atoms in total. The molecule has 2 aliphatic heterocycles. The highest BCUT2D eigenvalue weighted by atomic mass is 35.5. The molecule has 3 rings (SSSR count). The van der Waals surface area contributed by atoms with Crippen molar-refractivity contribution in [1.82, 2.24) is 0 Å². The highest BCUT2D eigenvalue weighted by Gasteiger charge is 2.63. The van der Waals surface area contributed by atoms with Crippen LogP contribution in [0.4, 0.5) is 0 Å². The molecule has 0 saturated carbocycles. The summed E-state index contributed by atoms with van der Waals surface area (Å²) in [4.78, 5) is 12.2. The Bertz CT molecular complexity index is 800. The average molecular weight is 534 g/mol. The van der Waals surface area contributed by atoms with Gasteiger partial charge in [-0.2, -0.15) is 0 Å². The lowest BCUT2D eigenvalue weighted by Gasteiger charge is -2.44. The molecule has 0 aliphatic carbocycles. The van der Waals surface area contributed by atoms with E-state index in [-0.39, 0.29) is 5.56 Å². The molecule has 6 N–H and O–H groups in total. The number of hydrogen-bond acceptors (Lipinski definition) is 11. The second-order valence-corrected chi connectivity index (χ2v) is 8.86. The minimum absolute atomic E-state index is 0.249. The normalized spacial score (nSPS) is 40.9. The fourth-order valence-electron chi connectivity index (χ4n) is 3.46. The molecule has 2 fully saturated rings. The lowest BCUT2D eigenvalue weighted by Crippen LogP contribution is -2.62. The maximum atomic E-state index is 12.2. The molecule has 33 heavy (non-hydrogen) atoms. The first kappa shape index (κ1) is 26.8. The third-order valence-corrected chi connectivity index (χ3v) is 6.40. The zero-order chi connectivity index (χ0) is 24.5. The zero-order valence-corrected chi connectivity index (χ0v) is 19.0. The van der Waals surface area contributed by atoms with Gasteiger partial charge < -0.3 is 49.6 Å². The predicted molar refractivity (Wildman–Crippen MR) is 111 cm³/mol. The number of carbonyl (C=O) groups is 1. The number of carbonyl (C=O) groups excluding carboxylic acids is 1. The Morgan fingerprint density at radius 1 is 1.06 bits per heavy atom. The lowest BCUT2D eigenvalue weighted by atomic mass is 10.0. The van der Waals surface area contributed by atoms with Gasteiger partial charge in [-0.1, -0.05) is 41.4 Å². The van der Waals surface area contributed by atoms with Crippen LogP contribution in [0.15, 0.2) is 30.3 Å². The standard InChI is InChI=1S/C19H23Cl3O11/c20-9-8(6-30-16(28)7-4-2-1-3-5-7)31-17(11(24)10(9)23)33-19(18(22)29)14(26)12(25)13(32-19)15(21)27/h1-5,8-15,17-18,23-27,29H,6H2/t8-,9+,10+,11-,12-,13+,14+,15?,17-,18?,19-/m1/s1. The Labute approximate surface area is 202 Å². The van der Waals surface area contributed by atoms with E-state index in [4.69, 9.17) is 53.8 Å². The Kier molecular flexibility index (Phi) is 8.82. The van der Waals surface area contributed by atoms with Gasteiger partial charge in [0.1, 0.15) is 43.2 Å². The number of alkyl halides is 3. The quantitative estimate of drug-likeness (QED) is 0.184. The molecule has 11 atom stereocenters. The van der Waals surface area contributed by atoms with E-state index in [0.717, 1.165) is 0 Å². The molecule has 0 bridgehead atoms. The first-order chi connectivity index (χ1) is 15.5. The van der Waals surface area contributed by atoms with Crippen molar-refractivity contribution in [2.75, 3.05) is 6.61 Å². The minimum Gasteiger partial charge on any atom is -0.459 e. The number of halogens is 3. The predicted octanol–water partition coefficient (Wildman–Crippen LogP) is -1.15. The van der Waals surface area contributed by atoms with Crippen molar-refractivity contribution < 1.29 is 54.4 Å². The van der Waals surface area contributed by atoms with Crippen LogP contribution in [0.2, 0.25) is 0 Å². The molecule has 1 aromatic rings. The van der Waals surface area contributed by atoms with Crippen LogP contribution in [-0.2, 0) is 18.9 Å². The molecule has 0 spiro atoms. The van der Waals surface area contributed by atoms with Gasteiger partial charge in [0.2, 0.25) is 5.79 Å². The van der Waals surface area contributed by atoms with E-state index in [2.05, 4.69) is 0 Å².